The van der Waals surface area contributed by atoms with Crippen LogP contribution in [0.25, 0.3) is 11.4 Å². The van der Waals surface area contributed by atoms with Gasteiger partial charge in [-0.25, -0.2) is 9.37 Å². The van der Waals surface area contributed by atoms with Crippen LogP contribution in [-0.2, 0) is 0 Å². The summed E-state index contributed by atoms with van der Waals surface area (Å²) < 4.78 is 18.5. The average molecular weight is 346 g/mol. The third-order valence-corrected chi connectivity index (χ3v) is 4.42. The number of thiazole rings is 1. The summed E-state index contributed by atoms with van der Waals surface area (Å²) >= 11 is 1.33. The lowest BCUT2D eigenvalue weighted by Crippen LogP contribution is -2.26. The van der Waals surface area contributed by atoms with Crippen molar-refractivity contribution in [3.8, 4) is 11.4 Å². The highest BCUT2D eigenvalue weighted by Crippen LogP contribution is 2.21. The predicted molar refractivity (Wildman–Crippen MR) is 87.2 cm³/mol. The minimum Gasteiger partial charge on any atom is -0.340 e. The van der Waals surface area contributed by atoms with Crippen LogP contribution in [0, 0.1) is 19.7 Å². The van der Waals surface area contributed by atoms with E-state index in [0.29, 0.717) is 16.1 Å². The van der Waals surface area contributed by atoms with Gasteiger partial charge in [0.2, 0.25) is 11.7 Å². The molecule has 0 aliphatic heterocycles. The van der Waals surface area contributed by atoms with Crippen molar-refractivity contribution >= 4 is 17.2 Å². The first-order chi connectivity index (χ1) is 11.4. The number of rotatable bonds is 4. The molecule has 1 atom stereocenters. The van der Waals surface area contributed by atoms with Crippen LogP contribution >= 0.6 is 11.3 Å². The van der Waals surface area contributed by atoms with Gasteiger partial charge in [0.15, 0.2) is 0 Å². The molecule has 0 bridgehead atoms. The van der Waals surface area contributed by atoms with Crippen molar-refractivity contribution in [2.45, 2.75) is 26.8 Å². The lowest BCUT2D eigenvalue weighted by Gasteiger charge is -2.08. The van der Waals surface area contributed by atoms with Crippen LogP contribution in [-0.4, -0.2) is 21.0 Å². The van der Waals surface area contributed by atoms with Crippen molar-refractivity contribution < 1.29 is 13.7 Å². The molecule has 1 N–H and O–H groups in total. The molecule has 0 saturated carbocycles. The van der Waals surface area contributed by atoms with E-state index in [1.807, 2.05) is 6.92 Å². The molecule has 124 valence electrons. The fourth-order valence-corrected chi connectivity index (χ4v) is 3.04. The summed E-state index contributed by atoms with van der Waals surface area (Å²) in [6.45, 7) is 5.38. The molecule has 6 nitrogen and oxygen atoms in total. The number of aryl methyl sites for hydroxylation is 2. The van der Waals surface area contributed by atoms with E-state index in [2.05, 4.69) is 20.4 Å². The van der Waals surface area contributed by atoms with Gasteiger partial charge in [-0.05, 0) is 32.9 Å². The summed E-state index contributed by atoms with van der Waals surface area (Å²) in [5.41, 5.74) is 1.20. The standard InChI is InChI=1S/C16H15FN4O2S/c1-8-13(24-10(3)18-8)15(22)19-9(2)16-20-14(21-23-16)11-5-4-6-12(17)7-11/h4-7,9H,1-3H3,(H,19,22). The van der Waals surface area contributed by atoms with Gasteiger partial charge in [-0.3, -0.25) is 4.79 Å². The van der Waals surface area contributed by atoms with Crippen molar-refractivity contribution in [2.75, 3.05) is 0 Å². The van der Waals surface area contributed by atoms with Gasteiger partial charge >= 0.3 is 0 Å². The van der Waals surface area contributed by atoms with Crippen molar-refractivity contribution in [3.63, 3.8) is 0 Å². The Morgan fingerprint density at radius 2 is 2.12 bits per heavy atom. The normalized spacial score (nSPS) is 12.2. The number of benzene rings is 1. The second-order valence-electron chi connectivity index (χ2n) is 5.31. The number of hydrogen-bond acceptors (Lipinski definition) is 6. The largest absolute Gasteiger partial charge is 0.340 e. The number of aromatic nitrogens is 3. The van der Waals surface area contributed by atoms with Crippen LogP contribution in [0.2, 0.25) is 0 Å². The molecule has 0 aliphatic rings. The summed E-state index contributed by atoms with van der Waals surface area (Å²) in [5, 5.41) is 7.47. The van der Waals surface area contributed by atoms with Crippen molar-refractivity contribution in [3.05, 3.63) is 51.6 Å². The van der Waals surface area contributed by atoms with E-state index >= 15 is 0 Å². The Morgan fingerprint density at radius 3 is 2.79 bits per heavy atom. The van der Waals surface area contributed by atoms with Gasteiger partial charge in [0, 0.05) is 5.56 Å². The Morgan fingerprint density at radius 1 is 1.33 bits per heavy atom. The van der Waals surface area contributed by atoms with Gasteiger partial charge in [0.25, 0.3) is 5.91 Å². The molecular formula is C16H15FN4O2S. The van der Waals surface area contributed by atoms with Crippen molar-refractivity contribution in [1.82, 2.24) is 20.4 Å². The first-order valence-electron chi connectivity index (χ1n) is 7.28. The summed E-state index contributed by atoms with van der Waals surface area (Å²) in [5.74, 6) is -0.0933. The number of nitrogens with one attached hydrogen (secondary N) is 1. The van der Waals surface area contributed by atoms with E-state index in [1.165, 1.54) is 23.5 Å². The number of halogens is 1. The summed E-state index contributed by atoms with van der Waals surface area (Å²) in [4.78, 5) is 21.3. The number of nitrogens with zero attached hydrogens (tertiary/aromatic N) is 3. The molecule has 2 aromatic heterocycles. The maximum atomic E-state index is 13.3. The number of amides is 1. The monoisotopic (exact) mass is 346 g/mol. The molecule has 0 fully saturated rings. The maximum Gasteiger partial charge on any atom is 0.263 e. The molecule has 3 aromatic rings. The minimum atomic E-state index is -0.478. The molecule has 1 aromatic carbocycles. The van der Waals surface area contributed by atoms with Crippen LogP contribution in [0.15, 0.2) is 28.8 Å². The molecule has 0 saturated heterocycles. The quantitative estimate of drug-likeness (QED) is 0.783. The molecule has 0 spiro atoms. The van der Waals surface area contributed by atoms with Crippen molar-refractivity contribution in [1.29, 1.82) is 0 Å². The molecule has 0 radical (unpaired) electrons. The van der Waals surface area contributed by atoms with E-state index in [1.54, 1.807) is 26.0 Å². The smallest absolute Gasteiger partial charge is 0.263 e. The molecule has 0 aliphatic carbocycles. The number of hydrogen-bond donors (Lipinski definition) is 1. The molecule has 8 heteroatoms. The molecule has 3 rings (SSSR count). The number of carbonyl (C=O) groups excluding carboxylic acids is 1. The summed E-state index contributed by atoms with van der Waals surface area (Å²) in [6.07, 6.45) is 0. The fourth-order valence-electron chi connectivity index (χ4n) is 2.22. The molecular weight excluding hydrogens is 331 g/mol. The van der Waals surface area contributed by atoms with Gasteiger partial charge in [-0.1, -0.05) is 17.3 Å². The Kier molecular flexibility index (Phi) is 4.39. The van der Waals surface area contributed by atoms with Gasteiger partial charge in [-0.2, -0.15) is 4.98 Å². The van der Waals surface area contributed by atoms with E-state index in [0.717, 1.165) is 5.01 Å². The van der Waals surface area contributed by atoms with Gasteiger partial charge < -0.3 is 9.84 Å². The Bertz CT molecular complexity index is 890. The minimum absolute atomic E-state index is 0.240. The van der Waals surface area contributed by atoms with Crippen LogP contribution in [0.1, 0.15) is 39.2 Å². The first kappa shape index (κ1) is 16.3. The fraction of sp³-hybridized carbons (Fsp3) is 0.250. The van der Waals surface area contributed by atoms with E-state index in [4.69, 9.17) is 4.52 Å². The lowest BCUT2D eigenvalue weighted by atomic mass is 10.2. The number of carbonyl (C=O) groups is 1. The molecule has 2 heterocycles. The Balaban J connectivity index is 1.75. The van der Waals surface area contributed by atoms with Gasteiger partial charge in [-0.15, -0.1) is 11.3 Å². The zero-order valence-corrected chi connectivity index (χ0v) is 14.1. The summed E-state index contributed by atoms with van der Waals surface area (Å²) in [6, 6.07) is 5.44. The van der Waals surface area contributed by atoms with E-state index in [9.17, 15) is 9.18 Å². The van der Waals surface area contributed by atoms with Crippen LogP contribution in [0.5, 0.6) is 0 Å². The zero-order valence-electron chi connectivity index (χ0n) is 13.3. The molecule has 1 unspecified atom stereocenters. The van der Waals surface area contributed by atoms with Crippen LogP contribution < -0.4 is 5.32 Å². The predicted octanol–water partition coefficient (Wildman–Crippen LogP) is 3.44. The summed E-state index contributed by atoms with van der Waals surface area (Å²) in [7, 11) is 0. The highest BCUT2D eigenvalue weighted by atomic mass is 32.1. The molecule has 24 heavy (non-hydrogen) atoms. The Hall–Kier alpha value is -2.61. The second kappa shape index (κ2) is 6.48. The van der Waals surface area contributed by atoms with E-state index < -0.39 is 6.04 Å². The maximum absolute atomic E-state index is 13.3. The highest BCUT2D eigenvalue weighted by molar-refractivity contribution is 7.13. The second-order valence-corrected chi connectivity index (χ2v) is 6.51. The Labute approximate surface area is 141 Å². The van der Waals surface area contributed by atoms with Crippen molar-refractivity contribution in [2.24, 2.45) is 0 Å². The zero-order chi connectivity index (χ0) is 17.3. The molecule has 1 amide bonds. The van der Waals surface area contributed by atoms with Gasteiger partial charge in [0.1, 0.15) is 16.7 Å². The average Bonchev–Trinajstić information content (AvgIpc) is 3.14. The highest BCUT2D eigenvalue weighted by Gasteiger charge is 2.21. The van der Waals surface area contributed by atoms with Crippen LogP contribution in [0.3, 0.4) is 0 Å². The SMILES string of the molecule is Cc1nc(C)c(C(=O)NC(C)c2nc(-c3cccc(F)c3)no2)s1. The lowest BCUT2D eigenvalue weighted by molar-refractivity contribution is 0.0936. The van der Waals surface area contributed by atoms with Crippen LogP contribution in [0.4, 0.5) is 4.39 Å². The third-order valence-electron chi connectivity index (χ3n) is 3.35. The third kappa shape index (κ3) is 3.33. The first-order valence-corrected chi connectivity index (χ1v) is 8.10. The van der Waals surface area contributed by atoms with E-state index in [-0.39, 0.29) is 23.4 Å². The topological polar surface area (TPSA) is 80.9 Å². The van der Waals surface area contributed by atoms with Gasteiger partial charge in [0.05, 0.1) is 10.7 Å².